The molecular weight excluding hydrogens is 193 g/mol. The quantitative estimate of drug-likeness (QED) is 0.510. The summed E-state index contributed by atoms with van der Waals surface area (Å²) in [6, 6.07) is -0.698. The van der Waals surface area contributed by atoms with Crippen LogP contribution in [0, 0.1) is 5.92 Å². The summed E-state index contributed by atoms with van der Waals surface area (Å²) < 4.78 is 15.2. The topological polar surface area (TPSA) is 75.6 Å². The molecule has 0 saturated heterocycles. The van der Waals surface area contributed by atoms with E-state index in [0.717, 1.165) is 0 Å². The van der Waals surface area contributed by atoms with E-state index in [2.05, 4.69) is 5.09 Å². The molecular formula is C7H16NO4P. The van der Waals surface area contributed by atoms with Gasteiger partial charge in [0.2, 0.25) is 0 Å². The number of hydrogen-bond acceptors (Lipinski definition) is 3. The van der Waals surface area contributed by atoms with Crippen molar-refractivity contribution in [3.05, 3.63) is 0 Å². The lowest BCUT2D eigenvalue weighted by Gasteiger charge is -2.18. The first-order valence-corrected chi connectivity index (χ1v) is 5.50. The monoisotopic (exact) mass is 209 g/mol. The van der Waals surface area contributed by atoms with Gasteiger partial charge in [0, 0.05) is 0 Å². The van der Waals surface area contributed by atoms with E-state index in [9.17, 15) is 9.36 Å². The van der Waals surface area contributed by atoms with Crippen LogP contribution in [0.15, 0.2) is 0 Å². The van der Waals surface area contributed by atoms with E-state index in [1.807, 2.05) is 0 Å². The van der Waals surface area contributed by atoms with Crippen molar-refractivity contribution in [3.63, 3.8) is 0 Å². The van der Waals surface area contributed by atoms with Crippen molar-refractivity contribution >= 4 is 14.1 Å². The summed E-state index contributed by atoms with van der Waals surface area (Å²) in [6.07, 6.45) is 0. The first-order chi connectivity index (χ1) is 5.99. The highest BCUT2D eigenvalue weighted by Crippen LogP contribution is 2.13. The van der Waals surface area contributed by atoms with E-state index in [1.54, 1.807) is 20.8 Å². The third-order valence-corrected chi connectivity index (χ3v) is 2.04. The van der Waals surface area contributed by atoms with E-state index < -0.39 is 20.2 Å². The van der Waals surface area contributed by atoms with Crippen LogP contribution in [-0.2, 0) is 14.1 Å². The van der Waals surface area contributed by atoms with Crippen LogP contribution in [0.3, 0.4) is 0 Å². The Morgan fingerprint density at radius 1 is 1.62 bits per heavy atom. The molecule has 5 nitrogen and oxygen atoms in total. The van der Waals surface area contributed by atoms with Gasteiger partial charge < -0.3 is 9.63 Å². The summed E-state index contributed by atoms with van der Waals surface area (Å²) >= 11 is 0. The maximum atomic E-state index is 11.2. The molecule has 0 aromatic rings. The average Bonchev–Trinajstić information content (AvgIpc) is 1.99. The zero-order valence-corrected chi connectivity index (χ0v) is 9.03. The first-order valence-electron chi connectivity index (χ1n) is 4.15. The van der Waals surface area contributed by atoms with Gasteiger partial charge in [-0.3, -0.25) is 9.36 Å². The van der Waals surface area contributed by atoms with Gasteiger partial charge in [-0.15, -0.1) is 0 Å². The van der Waals surface area contributed by atoms with Crippen molar-refractivity contribution in [1.82, 2.24) is 5.09 Å². The van der Waals surface area contributed by atoms with E-state index in [-0.39, 0.29) is 12.5 Å². The molecule has 2 N–H and O–H groups in total. The minimum absolute atomic E-state index is 0.0693. The van der Waals surface area contributed by atoms with Gasteiger partial charge in [-0.05, 0) is 12.8 Å². The summed E-state index contributed by atoms with van der Waals surface area (Å²) in [5.41, 5.74) is 0. The third-order valence-electron chi connectivity index (χ3n) is 1.49. The SMILES string of the molecule is CCOC(=O)C(N[PH](=O)O)C(C)C. The Morgan fingerprint density at radius 3 is 2.46 bits per heavy atom. The van der Waals surface area contributed by atoms with Crippen molar-refractivity contribution < 1.29 is 19.0 Å². The van der Waals surface area contributed by atoms with Crippen molar-refractivity contribution in [2.45, 2.75) is 26.8 Å². The summed E-state index contributed by atoms with van der Waals surface area (Å²) in [5, 5.41) is 2.29. The number of carbonyl (C=O) groups excluding carboxylic acids is 1. The van der Waals surface area contributed by atoms with Crippen LogP contribution in [0.5, 0.6) is 0 Å². The van der Waals surface area contributed by atoms with E-state index >= 15 is 0 Å². The van der Waals surface area contributed by atoms with Gasteiger partial charge in [0.25, 0.3) is 8.18 Å². The largest absolute Gasteiger partial charge is 0.465 e. The standard InChI is InChI=1S/C7H16NO4P/c1-4-12-7(9)6(5(2)3)8-13(10)11/h5-6,13H,4H2,1-3H3,(H2,8,10,11). The Labute approximate surface area is 78.4 Å². The lowest BCUT2D eigenvalue weighted by Crippen LogP contribution is -2.38. The molecule has 0 amide bonds. The zero-order valence-electron chi connectivity index (χ0n) is 8.03. The summed E-state index contributed by atoms with van der Waals surface area (Å²) in [7, 11) is -2.84. The highest BCUT2D eigenvalue weighted by Gasteiger charge is 2.24. The van der Waals surface area contributed by atoms with E-state index in [1.165, 1.54) is 0 Å². The minimum Gasteiger partial charge on any atom is -0.465 e. The molecule has 0 aromatic heterocycles. The predicted molar refractivity (Wildman–Crippen MR) is 49.6 cm³/mol. The lowest BCUT2D eigenvalue weighted by atomic mass is 10.1. The highest BCUT2D eigenvalue weighted by atomic mass is 31.1. The van der Waals surface area contributed by atoms with Gasteiger partial charge in [0.1, 0.15) is 6.04 Å². The molecule has 0 radical (unpaired) electrons. The fourth-order valence-electron chi connectivity index (χ4n) is 0.863. The van der Waals surface area contributed by atoms with Gasteiger partial charge in [0.05, 0.1) is 6.61 Å². The molecule has 0 aromatic carbocycles. The second-order valence-electron chi connectivity index (χ2n) is 2.92. The van der Waals surface area contributed by atoms with Crippen LogP contribution in [-0.4, -0.2) is 23.5 Å². The number of esters is 1. The van der Waals surface area contributed by atoms with Crippen molar-refractivity contribution in [2.24, 2.45) is 5.92 Å². The molecule has 0 saturated carbocycles. The molecule has 0 rings (SSSR count). The second-order valence-corrected chi connectivity index (χ2v) is 3.82. The average molecular weight is 209 g/mol. The molecule has 2 atom stereocenters. The van der Waals surface area contributed by atoms with Gasteiger partial charge >= 0.3 is 5.97 Å². The fraction of sp³-hybridized carbons (Fsp3) is 0.857. The Kier molecular flexibility index (Phi) is 5.95. The van der Waals surface area contributed by atoms with Crippen LogP contribution in [0.2, 0.25) is 0 Å². The number of carbonyl (C=O) groups is 1. The number of ether oxygens (including phenoxy) is 1. The first kappa shape index (κ1) is 12.6. The van der Waals surface area contributed by atoms with Crippen molar-refractivity contribution in [3.8, 4) is 0 Å². The third kappa shape index (κ3) is 5.03. The molecule has 0 heterocycles. The van der Waals surface area contributed by atoms with Crippen LogP contribution in [0.25, 0.3) is 0 Å². The number of rotatable bonds is 5. The molecule has 0 fully saturated rings. The number of nitrogens with one attached hydrogen (secondary N) is 1. The molecule has 78 valence electrons. The number of hydrogen-bond donors (Lipinski definition) is 2. The lowest BCUT2D eigenvalue weighted by molar-refractivity contribution is -0.146. The van der Waals surface area contributed by atoms with Crippen LogP contribution < -0.4 is 5.09 Å². The molecule has 2 unspecified atom stereocenters. The predicted octanol–water partition coefficient (Wildman–Crippen LogP) is 0.546. The second kappa shape index (κ2) is 6.13. The van der Waals surface area contributed by atoms with Gasteiger partial charge in [-0.2, -0.15) is 0 Å². The fourth-order valence-corrected chi connectivity index (χ4v) is 1.58. The smallest absolute Gasteiger partial charge is 0.323 e. The van der Waals surface area contributed by atoms with Gasteiger partial charge in [-0.25, -0.2) is 5.09 Å². The van der Waals surface area contributed by atoms with Gasteiger partial charge in [0.15, 0.2) is 0 Å². The van der Waals surface area contributed by atoms with E-state index in [4.69, 9.17) is 9.63 Å². The molecule has 6 heteroatoms. The normalized spacial score (nSPS) is 15.5. The Morgan fingerprint density at radius 2 is 2.15 bits per heavy atom. The van der Waals surface area contributed by atoms with Crippen molar-refractivity contribution in [2.75, 3.05) is 6.61 Å². The van der Waals surface area contributed by atoms with Crippen LogP contribution in [0.1, 0.15) is 20.8 Å². The highest BCUT2D eigenvalue weighted by molar-refractivity contribution is 7.35. The maximum absolute atomic E-state index is 11.2. The maximum Gasteiger partial charge on any atom is 0.323 e. The zero-order chi connectivity index (χ0) is 10.4. The van der Waals surface area contributed by atoms with Crippen LogP contribution in [0.4, 0.5) is 0 Å². The molecule has 0 aliphatic carbocycles. The Hall–Kier alpha value is -0.380. The Balaban J connectivity index is 4.24. The summed E-state index contributed by atoms with van der Waals surface area (Å²) in [5.74, 6) is -0.551. The molecule has 0 aliphatic heterocycles. The molecule has 0 spiro atoms. The minimum atomic E-state index is -2.84. The summed E-state index contributed by atoms with van der Waals surface area (Å²) in [4.78, 5) is 19.8. The van der Waals surface area contributed by atoms with E-state index in [0.29, 0.717) is 0 Å². The van der Waals surface area contributed by atoms with Crippen LogP contribution >= 0.6 is 8.18 Å². The molecule has 13 heavy (non-hydrogen) atoms. The summed E-state index contributed by atoms with van der Waals surface area (Å²) in [6.45, 7) is 5.52. The Bertz CT molecular complexity index is 195. The molecule has 0 aliphatic rings. The van der Waals surface area contributed by atoms with Gasteiger partial charge in [-0.1, -0.05) is 13.8 Å². The van der Waals surface area contributed by atoms with Crippen molar-refractivity contribution in [1.29, 1.82) is 0 Å². The molecule has 0 bridgehead atoms.